The van der Waals surface area contributed by atoms with Gasteiger partial charge in [0.1, 0.15) is 0 Å². The van der Waals surface area contributed by atoms with Crippen molar-refractivity contribution in [1.82, 2.24) is 9.97 Å². The maximum absolute atomic E-state index is 10.5. The Morgan fingerprint density at radius 2 is 2.50 bits per heavy atom. The first-order valence-corrected chi connectivity index (χ1v) is 2.55. The fourth-order valence-corrected chi connectivity index (χ4v) is 0.511. The fourth-order valence-electron chi connectivity index (χ4n) is 0.511. The van der Waals surface area contributed by atoms with Crippen molar-refractivity contribution >= 4 is 0 Å². The summed E-state index contributed by atoms with van der Waals surface area (Å²) in [6.45, 7) is 0. The van der Waals surface area contributed by atoms with E-state index in [2.05, 4.69) is 14.7 Å². The van der Waals surface area contributed by atoms with Crippen LogP contribution in [0.1, 0.15) is 0 Å². The Balaban J connectivity index is 3.19. The second kappa shape index (κ2) is 2.38. The van der Waals surface area contributed by atoms with Gasteiger partial charge in [0.05, 0.1) is 7.11 Å². The van der Waals surface area contributed by atoms with E-state index in [4.69, 9.17) is 0 Å². The molecule has 0 atom stereocenters. The van der Waals surface area contributed by atoms with Crippen LogP contribution in [-0.4, -0.2) is 17.1 Å². The zero-order valence-corrected chi connectivity index (χ0v) is 5.25. The summed E-state index contributed by atoms with van der Waals surface area (Å²) in [4.78, 5) is 16.0. The molecule has 0 bridgehead atoms. The van der Waals surface area contributed by atoms with Crippen LogP contribution in [0.2, 0.25) is 0 Å². The topological polar surface area (TPSA) is 78.0 Å². The number of H-pyrrole nitrogens is 1. The van der Waals surface area contributed by atoms with Crippen molar-refractivity contribution < 1.29 is 9.84 Å². The van der Waals surface area contributed by atoms with Gasteiger partial charge >= 0.3 is 0 Å². The molecule has 54 valence electrons. The number of nitrogens with one attached hydrogen (secondary N) is 1. The maximum Gasteiger partial charge on any atom is 0.295 e. The number of methoxy groups -OCH3 is 1. The first-order valence-electron chi connectivity index (χ1n) is 2.55. The second-order valence-electron chi connectivity index (χ2n) is 1.59. The summed E-state index contributed by atoms with van der Waals surface area (Å²) < 4.78 is 4.51. The summed E-state index contributed by atoms with van der Waals surface area (Å²) >= 11 is 0. The summed E-state index contributed by atoms with van der Waals surface area (Å²) in [6.07, 6.45) is 0. The molecular formula is C5H5N2O3-. The Labute approximate surface area is 56.3 Å². The average Bonchev–Trinajstić information content (AvgIpc) is 1.85. The largest absolute Gasteiger partial charge is 0.858 e. The van der Waals surface area contributed by atoms with Crippen molar-refractivity contribution in [2.45, 2.75) is 0 Å². The van der Waals surface area contributed by atoms with Gasteiger partial charge < -0.3 is 9.84 Å². The molecule has 0 spiro atoms. The Bertz CT molecular complexity index is 280. The summed E-state index contributed by atoms with van der Waals surface area (Å²) in [5, 5.41) is 10.5. The molecule has 0 radical (unpaired) electrons. The molecule has 0 unspecified atom stereocenters. The Kier molecular flexibility index (Phi) is 1.57. The maximum atomic E-state index is 10.5. The SMILES string of the molecule is COc1nc([O-])cc(=O)[nH]1. The molecule has 1 aromatic heterocycles. The third kappa shape index (κ3) is 1.25. The number of ether oxygens (including phenoxy) is 1. The lowest BCUT2D eigenvalue weighted by molar-refractivity contribution is -0.275. The highest BCUT2D eigenvalue weighted by molar-refractivity contribution is 5.07. The van der Waals surface area contributed by atoms with Crippen molar-refractivity contribution in [3.8, 4) is 11.9 Å². The zero-order valence-electron chi connectivity index (χ0n) is 5.25. The highest BCUT2D eigenvalue weighted by Gasteiger charge is 1.90. The quantitative estimate of drug-likeness (QED) is 0.535. The van der Waals surface area contributed by atoms with E-state index in [0.717, 1.165) is 6.07 Å². The summed E-state index contributed by atoms with van der Waals surface area (Å²) in [6, 6.07) is 0.792. The van der Waals surface area contributed by atoms with Crippen molar-refractivity contribution in [3.05, 3.63) is 16.4 Å². The Morgan fingerprint density at radius 3 is 3.00 bits per heavy atom. The van der Waals surface area contributed by atoms with E-state index in [1.807, 2.05) is 0 Å². The molecule has 1 N–H and O–H groups in total. The minimum absolute atomic E-state index is 0.0579. The molecule has 0 aliphatic carbocycles. The van der Waals surface area contributed by atoms with Crippen LogP contribution in [0.15, 0.2) is 10.9 Å². The molecule has 0 saturated carbocycles. The molecule has 5 nitrogen and oxygen atoms in total. The molecule has 0 saturated heterocycles. The zero-order chi connectivity index (χ0) is 7.56. The first-order chi connectivity index (χ1) is 4.72. The highest BCUT2D eigenvalue weighted by atomic mass is 16.5. The van der Waals surface area contributed by atoms with E-state index in [1.54, 1.807) is 0 Å². The molecule has 10 heavy (non-hydrogen) atoms. The molecule has 0 aromatic carbocycles. The first kappa shape index (κ1) is 6.60. The molecule has 1 rings (SSSR count). The van der Waals surface area contributed by atoms with Crippen molar-refractivity contribution in [3.63, 3.8) is 0 Å². The van der Waals surface area contributed by atoms with Gasteiger partial charge in [-0.25, -0.2) is 4.98 Å². The minimum atomic E-state index is -0.597. The van der Waals surface area contributed by atoms with Crippen molar-refractivity contribution in [1.29, 1.82) is 0 Å². The second-order valence-corrected chi connectivity index (χ2v) is 1.59. The minimum Gasteiger partial charge on any atom is -0.858 e. The normalized spacial score (nSPS) is 9.30. The van der Waals surface area contributed by atoms with E-state index < -0.39 is 11.4 Å². The average molecular weight is 141 g/mol. The van der Waals surface area contributed by atoms with Crippen LogP contribution in [0, 0.1) is 0 Å². The van der Waals surface area contributed by atoms with E-state index in [0.29, 0.717) is 0 Å². The molecule has 0 fully saturated rings. The standard InChI is InChI=1S/C5H6N2O3/c1-10-5-6-3(8)2-4(9)7-5/h2H,1H3,(H2,6,7,8,9)/p-1. The fraction of sp³-hybridized carbons (Fsp3) is 0.200. The molecular weight excluding hydrogens is 136 g/mol. The summed E-state index contributed by atoms with van der Waals surface area (Å²) in [5.74, 6) is -0.597. The van der Waals surface area contributed by atoms with Crippen molar-refractivity contribution in [2.75, 3.05) is 7.11 Å². The number of nitrogens with zero attached hydrogens (tertiary/aromatic N) is 1. The molecule has 1 heterocycles. The summed E-state index contributed by atoms with van der Waals surface area (Å²) in [7, 11) is 1.32. The van der Waals surface area contributed by atoms with Crippen LogP contribution < -0.4 is 15.4 Å². The Hall–Kier alpha value is -1.52. The van der Waals surface area contributed by atoms with Crippen LogP contribution in [0.25, 0.3) is 0 Å². The predicted octanol–water partition coefficient (Wildman–Crippen LogP) is -1.15. The predicted molar refractivity (Wildman–Crippen MR) is 30.9 cm³/mol. The van der Waals surface area contributed by atoms with Gasteiger partial charge in [-0.15, -0.1) is 0 Å². The van der Waals surface area contributed by atoms with Crippen LogP contribution >= 0.6 is 0 Å². The van der Waals surface area contributed by atoms with E-state index in [1.165, 1.54) is 7.11 Å². The lowest BCUT2D eigenvalue weighted by Crippen LogP contribution is -2.10. The Morgan fingerprint density at radius 1 is 1.80 bits per heavy atom. The molecule has 0 amide bonds. The van der Waals surface area contributed by atoms with Gasteiger partial charge in [0, 0.05) is 6.07 Å². The van der Waals surface area contributed by atoms with Gasteiger partial charge in [-0.3, -0.25) is 9.78 Å². The van der Waals surface area contributed by atoms with Crippen molar-refractivity contribution in [2.24, 2.45) is 0 Å². The lowest BCUT2D eigenvalue weighted by Gasteiger charge is -2.03. The van der Waals surface area contributed by atoms with Crippen LogP contribution in [-0.2, 0) is 0 Å². The number of rotatable bonds is 1. The number of hydrogen-bond donors (Lipinski definition) is 1. The molecule has 0 aliphatic heterocycles. The monoisotopic (exact) mass is 141 g/mol. The van der Waals surface area contributed by atoms with Crippen LogP contribution in [0.4, 0.5) is 0 Å². The van der Waals surface area contributed by atoms with Gasteiger partial charge in [-0.2, -0.15) is 0 Å². The smallest absolute Gasteiger partial charge is 0.295 e. The highest BCUT2D eigenvalue weighted by Crippen LogP contribution is 1.99. The molecule has 0 aliphatic rings. The molecule has 5 heteroatoms. The number of aromatic amines is 1. The van der Waals surface area contributed by atoms with Crippen LogP contribution in [0.3, 0.4) is 0 Å². The van der Waals surface area contributed by atoms with Gasteiger partial charge in [0.2, 0.25) is 0 Å². The van der Waals surface area contributed by atoms with Gasteiger partial charge in [0.15, 0.2) is 0 Å². The number of aromatic nitrogens is 2. The lowest BCUT2D eigenvalue weighted by atomic mass is 10.6. The van der Waals surface area contributed by atoms with E-state index in [9.17, 15) is 9.90 Å². The van der Waals surface area contributed by atoms with E-state index >= 15 is 0 Å². The molecule has 1 aromatic rings. The van der Waals surface area contributed by atoms with Gasteiger partial charge in [-0.05, 0) is 5.88 Å². The van der Waals surface area contributed by atoms with Crippen LogP contribution in [0.5, 0.6) is 11.9 Å². The number of hydrogen-bond acceptors (Lipinski definition) is 4. The van der Waals surface area contributed by atoms with E-state index in [-0.39, 0.29) is 6.01 Å². The third-order valence-corrected chi connectivity index (χ3v) is 0.890. The van der Waals surface area contributed by atoms with Gasteiger partial charge in [0.25, 0.3) is 11.6 Å². The summed E-state index contributed by atoms with van der Waals surface area (Å²) in [5.41, 5.74) is -0.503. The van der Waals surface area contributed by atoms with Gasteiger partial charge in [-0.1, -0.05) is 0 Å². The third-order valence-electron chi connectivity index (χ3n) is 0.890.